The van der Waals surface area contributed by atoms with Crippen LogP contribution in [0, 0.1) is 5.92 Å². The Labute approximate surface area is 94.2 Å². The monoisotopic (exact) mass is 227 g/mol. The van der Waals surface area contributed by atoms with Crippen molar-refractivity contribution in [2.45, 2.75) is 12.8 Å². The lowest BCUT2D eigenvalue weighted by atomic mass is 10.00. The first-order valence-electron chi connectivity index (χ1n) is 5.27. The van der Waals surface area contributed by atoms with Gasteiger partial charge >= 0.3 is 0 Å². The van der Waals surface area contributed by atoms with E-state index in [1.54, 1.807) is 0 Å². The predicted octanol–water partition coefficient (Wildman–Crippen LogP) is 1.59. The molecule has 2 rings (SSSR count). The Morgan fingerprint density at radius 3 is 2.93 bits per heavy atom. The third-order valence-corrected chi connectivity index (χ3v) is 3.68. The Hall–Kier alpha value is -0.810. The maximum Gasteiger partial charge on any atom is 0.139 e. The van der Waals surface area contributed by atoms with E-state index in [9.17, 15) is 0 Å². The second-order valence-corrected chi connectivity index (χ2v) is 4.81. The molecule has 5 heteroatoms. The third kappa shape index (κ3) is 2.82. The summed E-state index contributed by atoms with van der Waals surface area (Å²) in [6.45, 7) is 2.89. The first-order valence-corrected chi connectivity index (χ1v) is 6.04. The Balaban J connectivity index is 1.88. The van der Waals surface area contributed by atoms with Gasteiger partial charge in [0.1, 0.15) is 10.8 Å². The Morgan fingerprint density at radius 2 is 2.33 bits per heavy atom. The van der Waals surface area contributed by atoms with E-state index in [-0.39, 0.29) is 0 Å². The van der Waals surface area contributed by atoms with Crippen molar-refractivity contribution in [1.82, 2.24) is 4.37 Å². The minimum Gasteiger partial charge on any atom is -0.383 e. The fourth-order valence-corrected chi connectivity index (χ4v) is 2.50. The zero-order valence-corrected chi connectivity index (χ0v) is 9.80. The molecule has 1 aliphatic rings. The Kier molecular flexibility index (Phi) is 3.43. The second kappa shape index (κ2) is 4.81. The number of nitrogen functional groups attached to an aromatic ring is 1. The zero-order valence-electron chi connectivity index (χ0n) is 8.98. The molecule has 0 bridgehead atoms. The fraction of sp³-hybridized carbons (Fsp3) is 0.700. The lowest BCUT2D eigenvalue weighted by Crippen LogP contribution is -2.29. The maximum absolute atomic E-state index is 5.60. The van der Waals surface area contributed by atoms with Gasteiger partial charge in [-0.1, -0.05) is 0 Å². The van der Waals surface area contributed by atoms with Crippen molar-refractivity contribution in [3.63, 3.8) is 0 Å². The number of hydrogen-bond donors (Lipinski definition) is 1. The molecule has 84 valence electrons. The lowest BCUT2D eigenvalue weighted by Gasteiger charge is -2.27. The van der Waals surface area contributed by atoms with Gasteiger partial charge in [0, 0.05) is 32.9 Å². The number of hydrogen-bond acceptors (Lipinski definition) is 5. The zero-order chi connectivity index (χ0) is 10.7. The van der Waals surface area contributed by atoms with E-state index in [0.29, 0.717) is 5.82 Å². The summed E-state index contributed by atoms with van der Waals surface area (Å²) in [5.41, 5.74) is 5.60. The second-order valence-electron chi connectivity index (χ2n) is 4.03. The van der Waals surface area contributed by atoms with Crippen LogP contribution < -0.4 is 10.6 Å². The molecule has 0 amide bonds. The smallest absolute Gasteiger partial charge is 0.139 e. The quantitative estimate of drug-likeness (QED) is 0.852. The summed E-state index contributed by atoms with van der Waals surface area (Å²) in [6.07, 6.45) is 2.33. The molecule has 1 saturated heterocycles. The van der Waals surface area contributed by atoms with Crippen molar-refractivity contribution < 1.29 is 4.74 Å². The van der Waals surface area contributed by atoms with Gasteiger partial charge < -0.3 is 15.4 Å². The van der Waals surface area contributed by atoms with Crippen LogP contribution in [-0.2, 0) is 4.74 Å². The molecule has 1 aromatic heterocycles. The highest BCUT2D eigenvalue weighted by Crippen LogP contribution is 2.24. The molecule has 1 aromatic rings. The van der Waals surface area contributed by atoms with Crippen molar-refractivity contribution in [2.24, 2.45) is 5.92 Å². The summed E-state index contributed by atoms with van der Waals surface area (Å²) in [4.78, 5) is 2.24. The van der Waals surface area contributed by atoms with Crippen molar-refractivity contribution in [2.75, 3.05) is 37.4 Å². The molecular formula is C10H17N3OS. The Morgan fingerprint density at radius 1 is 1.60 bits per heavy atom. The predicted molar refractivity (Wildman–Crippen MR) is 63.3 cm³/mol. The number of aromatic nitrogens is 1. The molecule has 0 atom stereocenters. The SMILES string of the molecule is CN(CC1CCOCC1)c1cc(N)ns1. The molecule has 1 aliphatic heterocycles. The van der Waals surface area contributed by atoms with Crippen molar-refractivity contribution in [3.8, 4) is 0 Å². The number of rotatable bonds is 3. The van der Waals surface area contributed by atoms with Crippen LogP contribution in [0.25, 0.3) is 0 Å². The maximum atomic E-state index is 5.60. The molecule has 2 heterocycles. The Bertz CT molecular complexity index is 309. The third-order valence-electron chi connectivity index (χ3n) is 2.77. The summed E-state index contributed by atoms with van der Waals surface area (Å²) >= 11 is 1.47. The molecule has 1 fully saturated rings. The average Bonchev–Trinajstić information content (AvgIpc) is 2.66. The van der Waals surface area contributed by atoms with E-state index in [1.807, 2.05) is 6.07 Å². The molecule has 0 radical (unpaired) electrons. The van der Waals surface area contributed by atoms with Gasteiger partial charge in [-0.3, -0.25) is 0 Å². The van der Waals surface area contributed by atoms with E-state index in [1.165, 1.54) is 24.4 Å². The van der Waals surface area contributed by atoms with Crippen molar-refractivity contribution in [3.05, 3.63) is 6.07 Å². The summed E-state index contributed by atoms with van der Waals surface area (Å²) in [6, 6.07) is 1.93. The fourth-order valence-electron chi connectivity index (χ4n) is 1.86. The normalized spacial score (nSPS) is 17.9. The molecule has 0 aliphatic carbocycles. The van der Waals surface area contributed by atoms with Crippen LogP contribution in [0.15, 0.2) is 6.07 Å². The van der Waals surface area contributed by atoms with Crippen LogP contribution >= 0.6 is 11.5 Å². The average molecular weight is 227 g/mol. The first kappa shape index (κ1) is 10.7. The number of ether oxygens (including phenoxy) is 1. The van der Waals surface area contributed by atoms with Crippen molar-refractivity contribution in [1.29, 1.82) is 0 Å². The van der Waals surface area contributed by atoms with Gasteiger partial charge in [-0.15, -0.1) is 0 Å². The summed E-state index contributed by atoms with van der Waals surface area (Å²) in [5.74, 6) is 1.36. The molecular weight excluding hydrogens is 210 g/mol. The van der Waals surface area contributed by atoms with E-state index in [0.717, 1.165) is 30.7 Å². The minimum absolute atomic E-state index is 0.619. The highest BCUT2D eigenvalue weighted by atomic mass is 32.1. The minimum atomic E-state index is 0.619. The molecule has 0 spiro atoms. The molecule has 0 unspecified atom stereocenters. The first-order chi connectivity index (χ1) is 7.25. The number of anilines is 2. The van der Waals surface area contributed by atoms with Gasteiger partial charge in [-0.05, 0) is 30.3 Å². The lowest BCUT2D eigenvalue weighted by molar-refractivity contribution is 0.0685. The van der Waals surface area contributed by atoms with Gasteiger partial charge in [-0.2, -0.15) is 4.37 Å². The molecule has 2 N–H and O–H groups in total. The van der Waals surface area contributed by atoms with Crippen LogP contribution in [0.1, 0.15) is 12.8 Å². The topological polar surface area (TPSA) is 51.4 Å². The molecule has 0 saturated carbocycles. The van der Waals surface area contributed by atoms with Crippen LogP contribution in [0.4, 0.5) is 10.8 Å². The standard InChI is InChI=1S/C10H17N3OS/c1-13(10-6-9(11)12-15-10)7-8-2-4-14-5-3-8/h6,8H,2-5,7H2,1H3,(H2,11,12). The molecule has 4 nitrogen and oxygen atoms in total. The number of nitrogens with two attached hydrogens (primary N) is 1. The summed E-state index contributed by atoms with van der Waals surface area (Å²) in [5, 5.41) is 1.15. The highest BCUT2D eigenvalue weighted by molar-refractivity contribution is 7.10. The summed E-state index contributed by atoms with van der Waals surface area (Å²) in [7, 11) is 2.10. The van der Waals surface area contributed by atoms with E-state index in [4.69, 9.17) is 10.5 Å². The van der Waals surface area contributed by atoms with Gasteiger partial charge in [0.2, 0.25) is 0 Å². The van der Waals surface area contributed by atoms with Crippen LogP contribution in [0.3, 0.4) is 0 Å². The van der Waals surface area contributed by atoms with Gasteiger partial charge in [-0.25, -0.2) is 0 Å². The van der Waals surface area contributed by atoms with Crippen LogP contribution in [0.2, 0.25) is 0 Å². The molecule has 15 heavy (non-hydrogen) atoms. The van der Waals surface area contributed by atoms with Crippen LogP contribution in [0.5, 0.6) is 0 Å². The number of nitrogens with zero attached hydrogens (tertiary/aromatic N) is 2. The van der Waals surface area contributed by atoms with Gasteiger partial charge in [0.25, 0.3) is 0 Å². The van der Waals surface area contributed by atoms with E-state index >= 15 is 0 Å². The van der Waals surface area contributed by atoms with Gasteiger partial charge in [0.15, 0.2) is 0 Å². The highest BCUT2D eigenvalue weighted by Gasteiger charge is 2.16. The van der Waals surface area contributed by atoms with Crippen molar-refractivity contribution >= 4 is 22.4 Å². The van der Waals surface area contributed by atoms with Crippen LogP contribution in [-0.4, -0.2) is 31.2 Å². The van der Waals surface area contributed by atoms with Gasteiger partial charge in [0.05, 0.1) is 0 Å². The largest absolute Gasteiger partial charge is 0.383 e. The van der Waals surface area contributed by atoms with E-state index < -0.39 is 0 Å². The molecule has 0 aromatic carbocycles. The summed E-state index contributed by atoms with van der Waals surface area (Å²) < 4.78 is 9.43. The van der Waals surface area contributed by atoms with E-state index in [2.05, 4.69) is 16.3 Å².